The van der Waals surface area contributed by atoms with Gasteiger partial charge in [0.15, 0.2) is 0 Å². The molecular weight excluding hydrogens is 477 g/mol. The standard InChI is InChI=1S/C27H22FN5O4/c28-18-2-4-20-19(5-9-29-23(20)14-18)17-6-10-31(11-7-17)15-16-1-3-21-22(13-16)26(36)33(25(21)35)32-12-8-24(34)30-27(32)37/h1-6,9,13-14H,7-8,10-12,15H2,(H,30,34,37). The largest absolute Gasteiger partial charge is 0.343 e. The second-order valence-corrected chi connectivity index (χ2v) is 9.26. The van der Waals surface area contributed by atoms with E-state index >= 15 is 0 Å². The number of fused-ring (bicyclic) bond motifs is 2. The van der Waals surface area contributed by atoms with Crippen LogP contribution in [-0.4, -0.2) is 63.3 Å². The minimum absolute atomic E-state index is 0.0149. The summed E-state index contributed by atoms with van der Waals surface area (Å²) in [6.07, 6.45) is 4.67. The van der Waals surface area contributed by atoms with Crippen LogP contribution in [0.15, 0.2) is 54.7 Å². The molecule has 37 heavy (non-hydrogen) atoms. The minimum Gasteiger partial charge on any atom is -0.295 e. The van der Waals surface area contributed by atoms with Crippen LogP contribution in [0.25, 0.3) is 16.5 Å². The van der Waals surface area contributed by atoms with Crippen molar-refractivity contribution >= 4 is 40.2 Å². The number of rotatable bonds is 4. The second kappa shape index (κ2) is 8.90. The molecule has 3 aliphatic rings. The molecule has 5 amide bonds. The van der Waals surface area contributed by atoms with Crippen molar-refractivity contribution in [1.82, 2.24) is 25.2 Å². The molecule has 0 unspecified atom stereocenters. The maximum atomic E-state index is 13.6. The Morgan fingerprint density at radius 3 is 2.51 bits per heavy atom. The van der Waals surface area contributed by atoms with Crippen molar-refractivity contribution in [3.63, 3.8) is 0 Å². The maximum absolute atomic E-state index is 13.6. The van der Waals surface area contributed by atoms with E-state index in [-0.39, 0.29) is 29.9 Å². The summed E-state index contributed by atoms with van der Waals surface area (Å²) in [5.41, 5.74) is 4.22. The van der Waals surface area contributed by atoms with Crippen LogP contribution in [0.5, 0.6) is 0 Å². The van der Waals surface area contributed by atoms with Crippen LogP contribution < -0.4 is 5.32 Å². The van der Waals surface area contributed by atoms with Gasteiger partial charge >= 0.3 is 6.03 Å². The van der Waals surface area contributed by atoms with Gasteiger partial charge in [-0.15, -0.1) is 0 Å². The van der Waals surface area contributed by atoms with Crippen molar-refractivity contribution in [1.29, 1.82) is 0 Å². The highest BCUT2D eigenvalue weighted by atomic mass is 19.1. The van der Waals surface area contributed by atoms with Gasteiger partial charge in [0.25, 0.3) is 11.8 Å². The highest BCUT2D eigenvalue weighted by Gasteiger charge is 2.43. The first-order valence-corrected chi connectivity index (χ1v) is 12.0. The average Bonchev–Trinajstić information content (AvgIpc) is 3.13. The molecule has 4 heterocycles. The first-order valence-electron chi connectivity index (χ1n) is 12.0. The summed E-state index contributed by atoms with van der Waals surface area (Å²) in [6, 6.07) is 10.9. The Labute approximate surface area is 211 Å². The molecule has 0 aliphatic carbocycles. The van der Waals surface area contributed by atoms with E-state index in [1.54, 1.807) is 24.4 Å². The van der Waals surface area contributed by atoms with Crippen LogP contribution >= 0.6 is 0 Å². The lowest BCUT2D eigenvalue weighted by Crippen LogP contribution is -2.58. The third kappa shape index (κ3) is 4.05. The van der Waals surface area contributed by atoms with Crippen molar-refractivity contribution < 1.29 is 23.6 Å². The number of carbonyl (C=O) groups excluding carboxylic acids is 4. The zero-order valence-electron chi connectivity index (χ0n) is 19.7. The topological polar surface area (TPSA) is 103 Å². The molecule has 1 aromatic heterocycles. The SMILES string of the molecule is O=C1CCN(N2C(=O)c3ccc(CN4CC=C(c5ccnc6cc(F)ccc56)CC4)cc3C2=O)C(=O)N1. The number of halogens is 1. The van der Waals surface area contributed by atoms with E-state index in [2.05, 4.69) is 21.3 Å². The van der Waals surface area contributed by atoms with E-state index in [4.69, 9.17) is 0 Å². The molecule has 1 N–H and O–H groups in total. The van der Waals surface area contributed by atoms with Crippen LogP contribution in [-0.2, 0) is 11.3 Å². The van der Waals surface area contributed by atoms with Crippen molar-refractivity contribution in [2.45, 2.75) is 19.4 Å². The molecule has 3 aromatic rings. The molecule has 0 radical (unpaired) electrons. The van der Waals surface area contributed by atoms with Gasteiger partial charge in [-0.05, 0) is 53.5 Å². The summed E-state index contributed by atoms with van der Waals surface area (Å²) < 4.78 is 13.6. The fourth-order valence-electron chi connectivity index (χ4n) is 5.10. The van der Waals surface area contributed by atoms with Gasteiger partial charge in [0.05, 0.1) is 23.2 Å². The normalized spacial score (nSPS) is 18.4. The molecule has 0 spiro atoms. The number of aromatic nitrogens is 1. The Morgan fingerprint density at radius 2 is 1.73 bits per heavy atom. The lowest BCUT2D eigenvalue weighted by Gasteiger charge is -2.32. The van der Waals surface area contributed by atoms with Crippen LogP contribution in [0.2, 0.25) is 0 Å². The van der Waals surface area contributed by atoms with E-state index in [0.717, 1.165) is 39.5 Å². The third-order valence-corrected chi connectivity index (χ3v) is 6.95. The quantitative estimate of drug-likeness (QED) is 0.554. The summed E-state index contributed by atoms with van der Waals surface area (Å²) in [6.45, 7) is 2.03. The van der Waals surface area contributed by atoms with Gasteiger partial charge in [0.2, 0.25) is 5.91 Å². The molecule has 9 nitrogen and oxygen atoms in total. The van der Waals surface area contributed by atoms with Crippen molar-refractivity contribution in [2.75, 3.05) is 19.6 Å². The molecule has 3 aliphatic heterocycles. The molecule has 186 valence electrons. The van der Waals surface area contributed by atoms with Gasteiger partial charge in [-0.1, -0.05) is 12.1 Å². The number of imide groups is 2. The summed E-state index contributed by atoms with van der Waals surface area (Å²) in [7, 11) is 0. The van der Waals surface area contributed by atoms with E-state index in [0.29, 0.717) is 18.6 Å². The van der Waals surface area contributed by atoms with Crippen molar-refractivity contribution in [3.8, 4) is 0 Å². The monoisotopic (exact) mass is 499 g/mol. The number of pyridine rings is 1. The van der Waals surface area contributed by atoms with E-state index in [1.165, 1.54) is 17.7 Å². The molecule has 1 saturated heterocycles. The Bertz CT molecular complexity index is 1530. The zero-order chi connectivity index (χ0) is 25.7. The van der Waals surface area contributed by atoms with Gasteiger partial charge in [0.1, 0.15) is 5.82 Å². The molecular formula is C27H22FN5O4. The number of hydrazine groups is 1. The highest BCUT2D eigenvalue weighted by Crippen LogP contribution is 2.30. The highest BCUT2D eigenvalue weighted by molar-refractivity contribution is 6.22. The zero-order valence-corrected chi connectivity index (χ0v) is 19.7. The predicted octanol–water partition coefficient (Wildman–Crippen LogP) is 3.12. The number of carbonyl (C=O) groups is 4. The average molecular weight is 500 g/mol. The van der Waals surface area contributed by atoms with Crippen molar-refractivity contribution in [3.05, 3.63) is 82.8 Å². The van der Waals surface area contributed by atoms with E-state index in [1.807, 2.05) is 12.1 Å². The lowest BCUT2D eigenvalue weighted by molar-refractivity contribution is -0.122. The van der Waals surface area contributed by atoms with E-state index < -0.39 is 23.8 Å². The molecule has 0 bridgehead atoms. The van der Waals surface area contributed by atoms with Crippen LogP contribution in [0, 0.1) is 5.82 Å². The second-order valence-electron chi connectivity index (χ2n) is 9.26. The van der Waals surface area contributed by atoms with Crippen LogP contribution in [0.3, 0.4) is 0 Å². The summed E-state index contributed by atoms with van der Waals surface area (Å²) in [5.74, 6) is -1.91. The van der Waals surface area contributed by atoms with Crippen LogP contribution in [0.1, 0.15) is 44.7 Å². The Hall–Kier alpha value is -4.44. The van der Waals surface area contributed by atoms with Gasteiger partial charge < -0.3 is 0 Å². The lowest BCUT2D eigenvalue weighted by atomic mass is 9.96. The molecule has 1 fully saturated rings. The number of benzene rings is 2. The predicted molar refractivity (Wildman–Crippen MR) is 131 cm³/mol. The van der Waals surface area contributed by atoms with Crippen molar-refractivity contribution in [2.24, 2.45) is 0 Å². The summed E-state index contributed by atoms with van der Waals surface area (Å²) >= 11 is 0. The Morgan fingerprint density at radius 1 is 0.892 bits per heavy atom. The third-order valence-electron chi connectivity index (χ3n) is 6.95. The summed E-state index contributed by atoms with van der Waals surface area (Å²) in [4.78, 5) is 56.1. The molecule has 0 saturated carbocycles. The fourth-order valence-corrected chi connectivity index (χ4v) is 5.10. The fraction of sp³-hybridized carbons (Fsp3) is 0.222. The molecule has 0 atom stereocenters. The molecule has 6 rings (SSSR count). The van der Waals surface area contributed by atoms with E-state index in [9.17, 15) is 23.6 Å². The molecule has 10 heteroatoms. The van der Waals surface area contributed by atoms with Gasteiger partial charge in [-0.3, -0.25) is 29.6 Å². The first-order chi connectivity index (χ1) is 17.9. The Kier molecular flexibility index (Phi) is 5.53. The number of hydrogen-bond acceptors (Lipinski definition) is 6. The number of hydrogen-bond donors (Lipinski definition) is 1. The first kappa shape index (κ1) is 23.0. The van der Waals surface area contributed by atoms with Gasteiger partial charge in [-0.2, -0.15) is 5.01 Å². The number of nitrogens with zero attached hydrogens (tertiary/aromatic N) is 4. The van der Waals surface area contributed by atoms with Crippen LogP contribution in [0.4, 0.5) is 9.18 Å². The number of urea groups is 1. The number of nitrogens with one attached hydrogen (secondary N) is 1. The number of amides is 5. The summed E-state index contributed by atoms with van der Waals surface area (Å²) in [5, 5.41) is 4.86. The Balaban J connectivity index is 1.18. The molecule has 2 aromatic carbocycles. The van der Waals surface area contributed by atoms with Gasteiger partial charge in [0, 0.05) is 43.7 Å². The minimum atomic E-state index is -0.783. The maximum Gasteiger partial charge on any atom is 0.343 e. The smallest absolute Gasteiger partial charge is 0.295 e. The van der Waals surface area contributed by atoms with Gasteiger partial charge in [-0.25, -0.2) is 14.2 Å².